The summed E-state index contributed by atoms with van der Waals surface area (Å²) in [5.74, 6) is 1.48. The van der Waals surface area contributed by atoms with Gasteiger partial charge in [-0.3, -0.25) is 9.89 Å². The molecule has 142 valence electrons. The second-order valence-corrected chi connectivity index (χ2v) is 6.75. The van der Waals surface area contributed by atoms with E-state index in [1.54, 1.807) is 7.11 Å². The van der Waals surface area contributed by atoms with Gasteiger partial charge in [0.15, 0.2) is 5.96 Å². The highest BCUT2D eigenvalue weighted by Crippen LogP contribution is 2.16. The van der Waals surface area contributed by atoms with Crippen LogP contribution in [0.2, 0.25) is 0 Å². The Morgan fingerprint density at radius 2 is 1.75 bits per heavy atom. The standard InChI is InChI=1S/C18H38N4O2/c1-16(2)17(22-10-7-5-6-8-11-22)15-21-18(19-3)20-9-12-24-14-13-23-4/h16-17H,5-15H2,1-4H3,(H2,19,20,21). The summed E-state index contributed by atoms with van der Waals surface area (Å²) >= 11 is 0. The molecule has 0 aromatic carbocycles. The van der Waals surface area contributed by atoms with Gasteiger partial charge < -0.3 is 20.1 Å². The maximum atomic E-state index is 5.46. The number of likely N-dealkylation sites (tertiary alicyclic amines) is 1. The molecule has 1 atom stereocenters. The molecule has 1 saturated heterocycles. The quantitative estimate of drug-likeness (QED) is 0.360. The van der Waals surface area contributed by atoms with Gasteiger partial charge in [-0.15, -0.1) is 0 Å². The number of ether oxygens (including phenoxy) is 2. The summed E-state index contributed by atoms with van der Waals surface area (Å²) in [5, 5.41) is 6.80. The van der Waals surface area contributed by atoms with Crippen LogP contribution >= 0.6 is 0 Å². The lowest BCUT2D eigenvalue weighted by molar-refractivity contribution is 0.0733. The van der Waals surface area contributed by atoms with Gasteiger partial charge in [-0.25, -0.2) is 0 Å². The second-order valence-electron chi connectivity index (χ2n) is 6.75. The van der Waals surface area contributed by atoms with Crippen LogP contribution in [0.3, 0.4) is 0 Å². The van der Waals surface area contributed by atoms with E-state index in [2.05, 4.69) is 34.4 Å². The molecule has 0 radical (unpaired) electrons. The van der Waals surface area contributed by atoms with Crippen LogP contribution in [0.4, 0.5) is 0 Å². The van der Waals surface area contributed by atoms with Gasteiger partial charge in [0, 0.05) is 33.3 Å². The number of guanidine groups is 1. The zero-order valence-corrected chi connectivity index (χ0v) is 16.1. The third kappa shape index (κ3) is 8.85. The van der Waals surface area contributed by atoms with Gasteiger partial charge in [-0.05, 0) is 31.8 Å². The first-order valence-electron chi connectivity index (χ1n) is 9.44. The Bertz CT molecular complexity index is 329. The number of methoxy groups -OCH3 is 1. The van der Waals surface area contributed by atoms with Crippen molar-refractivity contribution in [2.24, 2.45) is 10.9 Å². The lowest BCUT2D eigenvalue weighted by Crippen LogP contribution is -2.50. The highest BCUT2D eigenvalue weighted by molar-refractivity contribution is 5.79. The Morgan fingerprint density at radius 3 is 2.33 bits per heavy atom. The minimum Gasteiger partial charge on any atom is -0.382 e. The zero-order valence-electron chi connectivity index (χ0n) is 16.1. The lowest BCUT2D eigenvalue weighted by atomic mass is 10.0. The summed E-state index contributed by atoms with van der Waals surface area (Å²) in [7, 11) is 3.50. The molecule has 6 heteroatoms. The van der Waals surface area contributed by atoms with Gasteiger partial charge in [0.1, 0.15) is 0 Å². The monoisotopic (exact) mass is 342 g/mol. The second kappa shape index (κ2) is 13.4. The van der Waals surface area contributed by atoms with Crippen LogP contribution in [0.5, 0.6) is 0 Å². The summed E-state index contributed by atoms with van der Waals surface area (Å²) in [4.78, 5) is 6.97. The van der Waals surface area contributed by atoms with E-state index in [1.165, 1.54) is 38.8 Å². The fourth-order valence-corrected chi connectivity index (χ4v) is 3.12. The molecule has 0 aliphatic carbocycles. The van der Waals surface area contributed by atoms with E-state index in [9.17, 15) is 0 Å². The Kier molecular flexibility index (Phi) is 11.9. The van der Waals surface area contributed by atoms with Gasteiger partial charge in [-0.1, -0.05) is 26.7 Å². The predicted octanol–water partition coefficient (Wildman–Crippen LogP) is 1.72. The van der Waals surface area contributed by atoms with Crippen molar-refractivity contribution in [1.82, 2.24) is 15.5 Å². The Balaban J connectivity index is 2.32. The molecule has 0 amide bonds. The topological polar surface area (TPSA) is 58.1 Å². The summed E-state index contributed by atoms with van der Waals surface area (Å²) in [6, 6.07) is 0.555. The van der Waals surface area contributed by atoms with E-state index in [0.717, 1.165) is 19.0 Å². The third-order valence-electron chi connectivity index (χ3n) is 4.55. The maximum Gasteiger partial charge on any atom is 0.191 e. The van der Waals surface area contributed by atoms with Crippen LogP contribution in [0, 0.1) is 5.92 Å². The van der Waals surface area contributed by atoms with Crippen LogP contribution in [0.15, 0.2) is 4.99 Å². The van der Waals surface area contributed by atoms with Crippen molar-refractivity contribution in [3.63, 3.8) is 0 Å². The zero-order chi connectivity index (χ0) is 17.6. The van der Waals surface area contributed by atoms with Crippen LogP contribution in [-0.4, -0.2) is 77.1 Å². The molecule has 2 N–H and O–H groups in total. The molecular formula is C18H38N4O2. The van der Waals surface area contributed by atoms with Crippen molar-refractivity contribution < 1.29 is 9.47 Å². The summed E-state index contributed by atoms with van der Waals surface area (Å²) in [5.41, 5.74) is 0. The van der Waals surface area contributed by atoms with Crippen LogP contribution < -0.4 is 10.6 Å². The van der Waals surface area contributed by atoms with E-state index >= 15 is 0 Å². The summed E-state index contributed by atoms with van der Waals surface area (Å²) < 4.78 is 10.4. The number of nitrogens with zero attached hydrogens (tertiary/aromatic N) is 2. The first-order chi connectivity index (χ1) is 11.7. The average Bonchev–Trinajstić information content (AvgIpc) is 2.85. The van der Waals surface area contributed by atoms with E-state index in [4.69, 9.17) is 9.47 Å². The van der Waals surface area contributed by atoms with Crippen molar-refractivity contribution in [3.8, 4) is 0 Å². The van der Waals surface area contributed by atoms with Gasteiger partial charge in [0.25, 0.3) is 0 Å². The largest absolute Gasteiger partial charge is 0.382 e. The number of hydrogen-bond donors (Lipinski definition) is 2. The maximum absolute atomic E-state index is 5.46. The fraction of sp³-hybridized carbons (Fsp3) is 0.944. The highest BCUT2D eigenvalue weighted by Gasteiger charge is 2.22. The molecule has 1 heterocycles. The average molecular weight is 343 g/mol. The van der Waals surface area contributed by atoms with Crippen molar-refractivity contribution in [1.29, 1.82) is 0 Å². The Morgan fingerprint density at radius 1 is 1.04 bits per heavy atom. The SMILES string of the molecule is CN=C(NCCOCCOC)NCC(C(C)C)N1CCCCCC1. The first-order valence-corrected chi connectivity index (χ1v) is 9.44. The van der Waals surface area contributed by atoms with Gasteiger partial charge >= 0.3 is 0 Å². The number of nitrogens with one attached hydrogen (secondary N) is 2. The number of hydrogen-bond acceptors (Lipinski definition) is 4. The van der Waals surface area contributed by atoms with E-state index in [-0.39, 0.29) is 0 Å². The molecule has 0 saturated carbocycles. The molecular weight excluding hydrogens is 304 g/mol. The Labute approximate surface area is 148 Å². The fourth-order valence-electron chi connectivity index (χ4n) is 3.12. The Hall–Kier alpha value is -0.850. The molecule has 0 aromatic rings. The lowest BCUT2D eigenvalue weighted by Gasteiger charge is -2.34. The van der Waals surface area contributed by atoms with Crippen LogP contribution in [0.25, 0.3) is 0 Å². The molecule has 1 fully saturated rings. The van der Waals surface area contributed by atoms with Crippen molar-refractivity contribution >= 4 is 5.96 Å². The van der Waals surface area contributed by atoms with Crippen molar-refractivity contribution in [2.45, 2.75) is 45.6 Å². The smallest absolute Gasteiger partial charge is 0.191 e. The van der Waals surface area contributed by atoms with Crippen LogP contribution in [0.1, 0.15) is 39.5 Å². The van der Waals surface area contributed by atoms with E-state index in [1.807, 2.05) is 7.05 Å². The van der Waals surface area contributed by atoms with Crippen molar-refractivity contribution in [2.75, 3.05) is 60.2 Å². The number of rotatable bonds is 10. The van der Waals surface area contributed by atoms with Gasteiger partial charge in [-0.2, -0.15) is 0 Å². The molecule has 1 rings (SSSR count). The van der Waals surface area contributed by atoms with Gasteiger partial charge in [0.2, 0.25) is 0 Å². The molecule has 1 unspecified atom stereocenters. The van der Waals surface area contributed by atoms with Gasteiger partial charge in [0.05, 0.1) is 19.8 Å². The summed E-state index contributed by atoms with van der Waals surface area (Å²) in [6.07, 6.45) is 5.41. The molecule has 24 heavy (non-hydrogen) atoms. The third-order valence-corrected chi connectivity index (χ3v) is 4.55. The van der Waals surface area contributed by atoms with E-state index < -0.39 is 0 Å². The minimum atomic E-state index is 0.555. The first kappa shape index (κ1) is 21.2. The summed E-state index contributed by atoms with van der Waals surface area (Å²) in [6.45, 7) is 10.7. The predicted molar refractivity (Wildman–Crippen MR) is 101 cm³/mol. The van der Waals surface area contributed by atoms with Crippen molar-refractivity contribution in [3.05, 3.63) is 0 Å². The number of aliphatic imine (C=N–C) groups is 1. The minimum absolute atomic E-state index is 0.555. The van der Waals surface area contributed by atoms with E-state index in [0.29, 0.717) is 31.8 Å². The molecule has 0 aromatic heterocycles. The molecule has 1 aliphatic heterocycles. The molecule has 1 aliphatic rings. The van der Waals surface area contributed by atoms with Crippen LogP contribution in [-0.2, 0) is 9.47 Å². The molecule has 6 nitrogen and oxygen atoms in total. The normalized spacial score (nSPS) is 18.5. The highest BCUT2D eigenvalue weighted by atomic mass is 16.5. The molecule has 0 spiro atoms. The molecule has 0 bridgehead atoms.